The van der Waals surface area contributed by atoms with Gasteiger partial charge in [0.05, 0.1) is 23.9 Å². The Kier molecular flexibility index (Phi) is 5.94. The van der Waals surface area contributed by atoms with Gasteiger partial charge in [0.25, 0.3) is 0 Å². The quantitative estimate of drug-likeness (QED) is 0.197. The first-order chi connectivity index (χ1) is 15.0. The summed E-state index contributed by atoms with van der Waals surface area (Å²) >= 11 is 1.21. The van der Waals surface area contributed by atoms with Crippen molar-refractivity contribution in [2.45, 2.75) is 36.9 Å². The van der Waals surface area contributed by atoms with Gasteiger partial charge in [-0.05, 0) is 25.0 Å². The van der Waals surface area contributed by atoms with Crippen LogP contribution in [0, 0.1) is 0 Å². The van der Waals surface area contributed by atoms with Gasteiger partial charge in [-0.1, -0.05) is 23.9 Å². The number of aromatic amines is 1. The predicted molar refractivity (Wildman–Crippen MR) is 114 cm³/mol. The van der Waals surface area contributed by atoms with E-state index < -0.39 is 11.9 Å². The molecule has 0 spiro atoms. The van der Waals surface area contributed by atoms with Crippen LogP contribution in [0.1, 0.15) is 36.8 Å². The fourth-order valence-corrected chi connectivity index (χ4v) is 4.06. The van der Waals surface area contributed by atoms with Gasteiger partial charge >= 0.3 is 5.97 Å². The molecule has 0 radical (unpaired) electrons. The lowest BCUT2D eigenvalue weighted by Gasteiger charge is -2.10. The number of carbonyl (C=O) groups excluding carboxylic acids is 2. The zero-order valence-corrected chi connectivity index (χ0v) is 17.7. The van der Waals surface area contributed by atoms with E-state index in [9.17, 15) is 14.7 Å². The summed E-state index contributed by atoms with van der Waals surface area (Å²) < 4.78 is 6.72. The highest BCUT2D eigenvalue weighted by Crippen LogP contribution is 2.40. The second-order valence-corrected chi connectivity index (χ2v) is 8.13. The molecule has 0 aliphatic heterocycles. The summed E-state index contributed by atoms with van der Waals surface area (Å²) in [4.78, 5) is 31.1. The van der Waals surface area contributed by atoms with E-state index in [-0.39, 0.29) is 29.3 Å². The van der Waals surface area contributed by atoms with Crippen molar-refractivity contribution in [3.05, 3.63) is 41.7 Å². The Bertz CT molecular complexity index is 1130. The van der Waals surface area contributed by atoms with Gasteiger partial charge in [-0.25, -0.2) is 9.78 Å². The average Bonchev–Trinajstić information content (AvgIpc) is 3.38. The standard InChI is InChI=1S/C20H22N6O4S/c1-30-19(29)16(17-22-12-4-2-3-5-13(12)23-17)14(27)10-31-20-25-24-18(11-6-7-11)26(20)9-8-15(21)28/h2-5,11,27H,6-10H2,1H3,(H2,21,28)(H,22,23)/b16-14+. The molecular weight excluding hydrogens is 420 g/mol. The highest BCUT2D eigenvalue weighted by atomic mass is 32.2. The summed E-state index contributed by atoms with van der Waals surface area (Å²) in [7, 11) is 1.24. The number of rotatable bonds is 9. The molecule has 1 aromatic carbocycles. The molecule has 162 valence electrons. The second-order valence-electron chi connectivity index (χ2n) is 7.19. The Hall–Kier alpha value is -3.34. The number of aliphatic hydroxyl groups excluding tert-OH is 1. The number of imidazole rings is 1. The molecule has 1 fully saturated rings. The number of benzene rings is 1. The summed E-state index contributed by atoms with van der Waals surface area (Å²) in [6.07, 6.45) is 2.23. The molecule has 2 heterocycles. The maximum Gasteiger partial charge on any atom is 0.345 e. The van der Waals surface area contributed by atoms with Crippen LogP contribution in [0.5, 0.6) is 0 Å². The number of aromatic nitrogens is 5. The van der Waals surface area contributed by atoms with Crippen molar-refractivity contribution in [2.24, 2.45) is 5.73 Å². The van der Waals surface area contributed by atoms with Crippen LogP contribution >= 0.6 is 11.8 Å². The van der Waals surface area contributed by atoms with E-state index >= 15 is 0 Å². The van der Waals surface area contributed by atoms with Crippen LogP contribution in [-0.2, 0) is 20.9 Å². The highest BCUT2D eigenvalue weighted by Gasteiger charge is 2.31. The van der Waals surface area contributed by atoms with Gasteiger partial charge in [0.1, 0.15) is 23.0 Å². The fourth-order valence-electron chi connectivity index (χ4n) is 3.21. The monoisotopic (exact) mass is 442 g/mol. The second kappa shape index (κ2) is 8.80. The summed E-state index contributed by atoms with van der Waals surface area (Å²) in [6.45, 7) is 0.369. The molecule has 31 heavy (non-hydrogen) atoms. The highest BCUT2D eigenvalue weighted by molar-refractivity contribution is 7.99. The lowest BCUT2D eigenvalue weighted by molar-refractivity contribution is -0.133. The number of primary amides is 1. The number of thioether (sulfide) groups is 1. The van der Waals surface area contributed by atoms with Crippen molar-refractivity contribution in [3.63, 3.8) is 0 Å². The smallest absolute Gasteiger partial charge is 0.345 e. The number of methoxy groups -OCH3 is 1. The molecule has 3 aromatic rings. The molecule has 1 aliphatic carbocycles. The van der Waals surface area contributed by atoms with Crippen LogP contribution < -0.4 is 5.73 Å². The Morgan fingerprint density at radius 2 is 2.10 bits per heavy atom. The van der Waals surface area contributed by atoms with Crippen molar-refractivity contribution in [1.29, 1.82) is 0 Å². The van der Waals surface area contributed by atoms with E-state index in [2.05, 4.69) is 20.2 Å². The predicted octanol–water partition coefficient (Wildman–Crippen LogP) is 2.14. The first-order valence-electron chi connectivity index (χ1n) is 9.77. The van der Waals surface area contributed by atoms with Gasteiger partial charge < -0.3 is 25.1 Å². The van der Waals surface area contributed by atoms with Crippen LogP contribution in [0.3, 0.4) is 0 Å². The number of nitrogens with two attached hydrogens (primary N) is 1. The molecule has 1 saturated carbocycles. The molecule has 4 N–H and O–H groups in total. The maximum absolute atomic E-state index is 12.4. The average molecular weight is 443 g/mol. The zero-order chi connectivity index (χ0) is 22.0. The van der Waals surface area contributed by atoms with Crippen LogP contribution in [-0.4, -0.2) is 54.6 Å². The van der Waals surface area contributed by atoms with E-state index in [1.54, 1.807) is 6.07 Å². The van der Waals surface area contributed by atoms with Crippen molar-refractivity contribution in [2.75, 3.05) is 12.9 Å². The number of fused-ring (bicyclic) bond motifs is 1. The molecule has 1 amide bonds. The van der Waals surface area contributed by atoms with E-state index in [1.807, 2.05) is 22.8 Å². The van der Waals surface area contributed by atoms with Crippen molar-refractivity contribution < 1.29 is 19.4 Å². The summed E-state index contributed by atoms with van der Waals surface area (Å²) in [5, 5.41) is 19.8. The minimum absolute atomic E-state index is 0.0425. The van der Waals surface area contributed by atoms with Gasteiger partial charge in [-0.3, -0.25) is 4.79 Å². The number of nitrogens with zero attached hydrogens (tertiary/aromatic N) is 4. The van der Waals surface area contributed by atoms with E-state index in [4.69, 9.17) is 10.5 Å². The SMILES string of the molecule is COC(=O)/C(=C(/O)CSc1nnc(C2CC2)n1CCC(N)=O)c1nc2ccccc2[nH]1. The van der Waals surface area contributed by atoms with Crippen molar-refractivity contribution >= 4 is 40.2 Å². The topological polar surface area (TPSA) is 149 Å². The molecule has 11 heteroatoms. The summed E-state index contributed by atoms with van der Waals surface area (Å²) in [6, 6.07) is 7.31. The molecule has 10 nitrogen and oxygen atoms in total. The molecule has 0 saturated heterocycles. The molecule has 1 aliphatic rings. The normalized spacial score (nSPS) is 14.5. The lowest BCUT2D eigenvalue weighted by atomic mass is 10.2. The molecule has 0 unspecified atom stereocenters. The minimum Gasteiger partial charge on any atom is -0.510 e. The van der Waals surface area contributed by atoms with E-state index in [0.29, 0.717) is 23.1 Å². The fraction of sp³-hybridized carbons (Fsp3) is 0.350. The number of ether oxygens (including phenoxy) is 1. The number of carbonyl (C=O) groups is 2. The number of nitrogens with one attached hydrogen (secondary N) is 1. The Labute approximate surface area is 181 Å². The van der Waals surface area contributed by atoms with Crippen LogP contribution in [0.2, 0.25) is 0 Å². The Balaban J connectivity index is 1.60. The Morgan fingerprint density at radius 1 is 1.32 bits per heavy atom. The van der Waals surface area contributed by atoms with Gasteiger partial charge in [0, 0.05) is 18.9 Å². The third-order valence-corrected chi connectivity index (χ3v) is 5.89. The van der Waals surface area contributed by atoms with Gasteiger partial charge in [-0.2, -0.15) is 0 Å². The van der Waals surface area contributed by atoms with Crippen LogP contribution in [0.4, 0.5) is 0 Å². The molecule has 4 rings (SSSR count). The number of para-hydroxylation sites is 2. The molecular formula is C20H22N6O4S. The minimum atomic E-state index is -0.703. The van der Waals surface area contributed by atoms with E-state index in [1.165, 1.54) is 18.9 Å². The number of hydrogen-bond acceptors (Lipinski definition) is 8. The maximum atomic E-state index is 12.4. The third kappa shape index (κ3) is 4.55. The van der Waals surface area contributed by atoms with Crippen LogP contribution in [0.15, 0.2) is 35.2 Å². The van der Waals surface area contributed by atoms with E-state index in [0.717, 1.165) is 24.2 Å². The first kappa shape index (κ1) is 20.9. The van der Waals surface area contributed by atoms with Crippen LogP contribution in [0.25, 0.3) is 16.6 Å². The molecule has 2 aromatic heterocycles. The summed E-state index contributed by atoms with van der Waals surface area (Å²) in [5.41, 5.74) is 6.66. The number of esters is 1. The first-order valence-corrected chi connectivity index (χ1v) is 10.8. The number of amides is 1. The largest absolute Gasteiger partial charge is 0.510 e. The zero-order valence-electron chi connectivity index (χ0n) is 16.9. The van der Waals surface area contributed by atoms with Crippen molar-refractivity contribution in [1.82, 2.24) is 24.7 Å². The molecule has 0 atom stereocenters. The van der Waals surface area contributed by atoms with Gasteiger partial charge in [0.2, 0.25) is 5.91 Å². The third-order valence-electron chi connectivity index (χ3n) is 4.91. The number of hydrogen-bond donors (Lipinski definition) is 3. The number of H-pyrrole nitrogens is 1. The molecule has 0 bridgehead atoms. The van der Waals surface area contributed by atoms with Gasteiger partial charge in [-0.15, -0.1) is 10.2 Å². The lowest BCUT2D eigenvalue weighted by Crippen LogP contribution is -2.15. The van der Waals surface area contributed by atoms with Gasteiger partial charge in [0.15, 0.2) is 5.16 Å². The van der Waals surface area contributed by atoms with Crippen molar-refractivity contribution in [3.8, 4) is 0 Å². The summed E-state index contributed by atoms with van der Waals surface area (Å²) in [5.74, 6) is 0.102. The Morgan fingerprint density at radius 3 is 2.77 bits per heavy atom. The number of aliphatic hydroxyl groups is 1.